The van der Waals surface area contributed by atoms with E-state index in [4.69, 9.17) is 5.73 Å². The van der Waals surface area contributed by atoms with Crippen LogP contribution in [0.2, 0.25) is 0 Å². The molecule has 2 N–H and O–H groups in total. The number of halogens is 2. The van der Waals surface area contributed by atoms with Crippen LogP contribution in [0.25, 0.3) is 6.08 Å². The summed E-state index contributed by atoms with van der Waals surface area (Å²) in [7, 11) is 0. The first-order valence-electron chi connectivity index (χ1n) is 3.99. The molecule has 0 saturated carbocycles. The fraction of sp³-hybridized carbons (Fsp3) is 0.100. The number of hydrogen-bond donors (Lipinski definition) is 1. The van der Waals surface area contributed by atoms with Crippen LogP contribution in [0.1, 0.15) is 12.0 Å². The predicted molar refractivity (Wildman–Crippen MR) is 56.9 cm³/mol. The topological polar surface area (TPSA) is 43.1 Å². The molecule has 0 unspecified atom stereocenters. The lowest BCUT2D eigenvalue weighted by Gasteiger charge is -1.97. The Kier molecular flexibility index (Phi) is 3.83. The SMILES string of the molecule is NC(=O)CC=Cc1ccc(F)cc1Br. The number of primary amides is 1. The molecule has 0 heterocycles. The highest BCUT2D eigenvalue weighted by molar-refractivity contribution is 9.10. The van der Waals surface area contributed by atoms with Crippen molar-refractivity contribution in [1.82, 2.24) is 0 Å². The van der Waals surface area contributed by atoms with Crippen molar-refractivity contribution in [3.63, 3.8) is 0 Å². The molecule has 1 aromatic carbocycles. The molecule has 1 rings (SSSR count). The number of amides is 1. The molecule has 0 saturated heterocycles. The number of hydrogen-bond acceptors (Lipinski definition) is 1. The lowest BCUT2D eigenvalue weighted by atomic mass is 10.2. The summed E-state index contributed by atoms with van der Waals surface area (Å²) in [4.78, 5) is 10.4. The van der Waals surface area contributed by atoms with Gasteiger partial charge in [-0.25, -0.2) is 4.39 Å². The fourth-order valence-corrected chi connectivity index (χ4v) is 1.42. The average Bonchev–Trinajstić information content (AvgIpc) is 2.08. The van der Waals surface area contributed by atoms with Gasteiger partial charge < -0.3 is 5.73 Å². The normalized spacial score (nSPS) is 10.7. The predicted octanol–water partition coefficient (Wildman–Crippen LogP) is 2.48. The van der Waals surface area contributed by atoms with E-state index in [2.05, 4.69) is 15.9 Å². The van der Waals surface area contributed by atoms with Gasteiger partial charge in [0.25, 0.3) is 0 Å². The van der Waals surface area contributed by atoms with Gasteiger partial charge in [0, 0.05) is 10.9 Å². The van der Waals surface area contributed by atoms with E-state index in [1.54, 1.807) is 18.2 Å². The minimum Gasteiger partial charge on any atom is -0.369 e. The Hall–Kier alpha value is -1.16. The maximum absolute atomic E-state index is 12.7. The van der Waals surface area contributed by atoms with Gasteiger partial charge >= 0.3 is 0 Å². The fourth-order valence-electron chi connectivity index (χ4n) is 0.939. The van der Waals surface area contributed by atoms with Crippen LogP contribution in [-0.4, -0.2) is 5.91 Å². The number of benzene rings is 1. The van der Waals surface area contributed by atoms with E-state index < -0.39 is 0 Å². The Balaban J connectivity index is 2.76. The molecular weight excluding hydrogens is 249 g/mol. The Bertz CT molecular complexity index is 376. The third-order valence-electron chi connectivity index (χ3n) is 1.58. The standard InChI is InChI=1S/C10H9BrFNO/c11-9-6-8(12)5-4-7(9)2-1-3-10(13)14/h1-2,4-6H,3H2,(H2,13,14). The minimum atomic E-state index is -0.389. The van der Waals surface area contributed by atoms with E-state index in [1.165, 1.54) is 12.1 Å². The zero-order valence-corrected chi connectivity index (χ0v) is 8.92. The number of carbonyl (C=O) groups is 1. The summed E-state index contributed by atoms with van der Waals surface area (Å²) in [6.45, 7) is 0. The molecule has 0 aliphatic heterocycles. The number of nitrogens with two attached hydrogens (primary N) is 1. The second-order valence-electron chi connectivity index (χ2n) is 2.74. The summed E-state index contributed by atoms with van der Waals surface area (Å²) < 4.78 is 13.3. The molecule has 0 atom stereocenters. The smallest absolute Gasteiger partial charge is 0.221 e. The van der Waals surface area contributed by atoms with E-state index >= 15 is 0 Å². The van der Waals surface area contributed by atoms with Crippen LogP contribution in [-0.2, 0) is 4.79 Å². The van der Waals surface area contributed by atoms with E-state index in [0.717, 1.165) is 5.56 Å². The van der Waals surface area contributed by atoms with Gasteiger partial charge in [-0.1, -0.05) is 34.1 Å². The molecule has 1 aromatic rings. The third-order valence-corrected chi connectivity index (χ3v) is 2.27. The first kappa shape index (κ1) is 10.9. The second-order valence-corrected chi connectivity index (χ2v) is 3.59. The van der Waals surface area contributed by atoms with Crippen LogP contribution < -0.4 is 5.73 Å². The molecule has 0 radical (unpaired) electrons. The molecule has 0 spiro atoms. The monoisotopic (exact) mass is 257 g/mol. The largest absolute Gasteiger partial charge is 0.369 e. The quantitative estimate of drug-likeness (QED) is 0.889. The van der Waals surface area contributed by atoms with Crippen LogP contribution in [0.5, 0.6) is 0 Å². The van der Waals surface area contributed by atoms with Crippen molar-refractivity contribution >= 4 is 27.9 Å². The summed E-state index contributed by atoms with van der Waals surface area (Å²) >= 11 is 3.21. The van der Waals surface area contributed by atoms with Crippen molar-refractivity contribution in [3.8, 4) is 0 Å². The van der Waals surface area contributed by atoms with Gasteiger partial charge in [0.15, 0.2) is 0 Å². The minimum absolute atomic E-state index is 0.184. The summed E-state index contributed by atoms with van der Waals surface area (Å²) in [5.41, 5.74) is 5.77. The lowest BCUT2D eigenvalue weighted by Crippen LogP contribution is -2.07. The van der Waals surface area contributed by atoms with E-state index in [9.17, 15) is 9.18 Å². The molecule has 0 aliphatic rings. The van der Waals surface area contributed by atoms with Gasteiger partial charge in [-0.3, -0.25) is 4.79 Å². The highest BCUT2D eigenvalue weighted by Crippen LogP contribution is 2.19. The van der Waals surface area contributed by atoms with Gasteiger partial charge in [0.2, 0.25) is 5.91 Å². The molecule has 2 nitrogen and oxygen atoms in total. The van der Waals surface area contributed by atoms with Crippen LogP contribution in [0.15, 0.2) is 28.7 Å². The zero-order chi connectivity index (χ0) is 10.6. The Morgan fingerprint density at radius 1 is 1.57 bits per heavy atom. The van der Waals surface area contributed by atoms with Gasteiger partial charge in [-0.15, -0.1) is 0 Å². The van der Waals surface area contributed by atoms with Gasteiger partial charge in [-0.05, 0) is 17.7 Å². The maximum atomic E-state index is 12.7. The number of carbonyl (C=O) groups excluding carboxylic acids is 1. The Morgan fingerprint density at radius 3 is 2.86 bits per heavy atom. The molecule has 0 fully saturated rings. The Labute approximate surface area is 89.7 Å². The molecular formula is C10H9BrFNO. The first-order valence-corrected chi connectivity index (χ1v) is 4.79. The number of rotatable bonds is 3. The maximum Gasteiger partial charge on any atom is 0.221 e. The van der Waals surface area contributed by atoms with Crippen molar-refractivity contribution in [2.24, 2.45) is 5.73 Å². The van der Waals surface area contributed by atoms with Crippen molar-refractivity contribution in [1.29, 1.82) is 0 Å². The van der Waals surface area contributed by atoms with Crippen molar-refractivity contribution in [2.45, 2.75) is 6.42 Å². The van der Waals surface area contributed by atoms with Crippen LogP contribution in [0.3, 0.4) is 0 Å². The molecule has 14 heavy (non-hydrogen) atoms. The zero-order valence-electron chi connectivity index (χ0n) is 7.34. The van der Waals surface area contributed by atoms with Crippen LogP contribution in [0, 0.1) is 5.82 Å². The summed E-state index contributed by atoms with van der Waals surface area (Å²) in [6.07, 6.45) is 3.54. The molecule has 4 heteroatoms. The molecule has 0 bridgehead atoms. The van der Waals surface area contributed by atoms with E-state index in [0.29, 0.717) is 4.47 Å². The Morgan fingerprint density at radius 2 is 2.29 bits per heavy atom. The summed E-state index contributed by atoms with van der Waals surface area (Å²) in [5, 5.41) is 0. The van der Waals surface area contributed by atoms with Gasteiger partial charge in [-0.2, -0.15) is 0 Å². The van der Waals surface area contributed by atoms with Gasteiger partial charge in [0.05, 0.1) is 0 Å². The second kappa shape index (κ2) is 4.91. The molecule has 1 amide bonds. The highest BCUT2D eigenvalue weighted by atomic mass is 79.9. The van der Waals surface area contributed by atoms with Crippen molar-refractivity contribution in [2.75, 3.05) is 0 Å². The van der Waals surface area contributed by atoms with Crippen molar-refractivity contribution in [3.05, 3.63) is 40.1 Å². The van der Waals surface area contributed by atoms with Crippen molar-refractivity contribution < 1.29 is 9.18 Å². The first-order chi connectivity index (χ1) is 6.59. The molecule has 0 aromatic heterocycles. The lowest BCUT2D eigenvalue weighted by molar-refractivity contribution is -0.117. The third kappa shape index (κ3) is 3.30. The molecule has 74 valence electrons. The van der Waals surface area contributed by atoms with Gasteiger partial charge in [0.1, 0.15) is 5.82 Å². The van der Waals surface area contributed by atoms with Crippen LogP contribution >= 0.6 is 15.9 Å². The van der Waals surface area contributed by atoms with Crippen LogP contribution in [0.4, 0.5) is 4.39 Å². The van der Waals surface area contributed by atoms with E-state index in [-0.39, 0.29) is 18.1 Å². The van der Waals surface area contributed by atoms with E-state index in [1.807, 2.05) is 0 Å². The highest BCUT2D eigenvalue weighted by Gasteiger charge is 1.97. The molecule has 0 aliphatic carbocycles. The summed E-state index contributed by atoms with van der Waals surface area (Å²) in [5.74, 6) is -0.691. The average molecular weight is 258 g/mol. The summed E-state index contributed by atoms with van der Waals surface area (Å²) in [6, 6.07) is 4.34.